The number of carbonyl (C=O) groups excluding carboxylic acids is 1. The molecule has 25 heavy (non-hydrogen) atoms. The molecule has 0 aliphatic carbocycles. The van der Waals surface area contributed by atoms with E-state index in [4.69, 9.17) is 5.73 Å². The van der Waals surface area contributed by atoms with E-state index in [0.29, 0.717) is 13.0 Å². The molecule has 0 aromatic carbocycles. The van der Waals surface area contributed by atoms with Gasteiger partial charge in [-0.25, -0.2) is 4.79 Å². The number of aromatic nitrogens is 2. The first-order valence-corrected chi connectivity index (χ1v) is 9.44. The van der Waals surface area contributed by atoms with Gasteiger partial charge in [-0.1, -0.05) is 13.0 Å². The average molecular weight is 363 g/mol. The summed E-state index contributed by atoms with van der Waals surface area (Å²) in [6, 6.07) is 4.39. The van der Waals surface area contributed by atoms with Crippen molar-refractivity contribution in [1.82, 2.24) is 9.55 Å². The number of anilines is 1. The van der Waals surface area contributed by atoms with E-state index in [1.54, 1.807) is 11.3 Å². The van der Waals surface area contributed by atoms with Crippen molar-refractivity contribution < 1.29 is 9.69 Å². The first-order valence-electron chi connectivity index (χ1n) is 8.56. The number of hydrogen-bond acceptors (Lipinski definition) is 5. The lowest BCUT2D eigenvalue weighted by Gasteiger charge is -2.20. The molecular formula is C17H23N4O3S+. The van der Waals surface area contributed by atoms with Crippen LogP contribution in [0.4, 0.5) is 5.82 Å². The van der Waals surface area contributed by atoms with Gasteiger partial charge in [-0.3, -0.25) is 19.1 Å². The third-order valence-electron chi connectivity index (χ3n) is 4.72. The van der Waals surface area contributed by atoms with Gasteiger partial charge in [0, 0.05) is 19.4 Å². The molecule has 3 heterocycles. The van der Waals surface area contributed by atoms with Gasteiger partial charge in [0.1, 0.15) is 24.0 Å². The molecule has 4 N–H and O–H groups in total. The molecular weight excluding hydrogens is 340 g/mol. The van der Waals surface area contributed by atoms with Crippen LogP contribution in [0, 0.1) is 0 Å². The summed E-state index contributed by atoms with van der Waals surface area (Å²) in [4.78, 5) is 41.5. The number of hydrogen-bond donors (Lipinski definition) is 3. The van der Waals surface area contributed by atoms with Crippen molar-refractivity contribution >= 4 is 22.9 Å². The minimum Gasteiger partial charge on any atom is -0.384 e. The molecule has 3 rings (SSSR count). The molecule has 1 aliphatic heterocycles. The van der Waals surface area contributed by atoms with Crippen LogP contribution in [0.15, 0.2) is 27.1 Å². The molecule has 2 atom stereocenters. The van der Waals surface area contributed by atoms with Crippen molar-refractivity contribution in [3.8, 4) is 0 Å². The van der Waals surface area contributed by atoms with E-state index < -0.39 is 11.2 Å². The van der Waals surface area contributed by atoms with Crippen LogP contribution in [0.25, 0.3) is 0 Å². The Hall–Kier alpha value is -2.19. The molecule has 2 aromatic heterocycles. The maximum atomic E-state index is 12.8. The highest BCUT2D eigenvalue weighted by atomic mass is 32.1. The van der Waals surface area contributed by atoms with Gasteiger partial charge in [0.2, 0.25) is 5.78 Å². The molecule has 0 amide bonds. The van der Waals surface area contributed by atoms with Crippen LogP contribution in [0.3, 0.4) is 0 Å². The van der Waals surface area contributed by atoms with E-state index in [1.807, 2.05) is 18.4 Å². The Balaban J connectivity index is 1.87. The summed E-state index contributed by atoms with van der Waals surface area (Å²) in [5.41, 5.74) is 4.65. The third kappa shape index (κ3) is 3.45. The second kappa shape index (κ2) is 7.37. The third-order valence-corrected chi connectivity index (χ3v) is 5.71. The Kier molecular flexibility index (Phi) is 5.19. The lowest BCUT2D eigenvalue weighted by atomic mass is 10.1. The number of likely N-dealkylation sites (tertiary alicyclic amines) is 1. The maximum Gasteiger partial charge on any atom is 0.329 e. The number of nitrogens with zero attached hydrogens (tertiary/aromatic N) is 1. The standard InChI is InChI=1S/C17H22N4O3S/c1-2-7-21-15(18)14(16(23)19-17(21)24)12(22)10-20-8-3-5-11(20)13-6-4-9-25-13/h4,6,9,11H,2-3,5,7-8,10,18H2,1H3,(H,19,23,24)/p+1/t11-/m1/s1. The number of quaternary nitrogens is 1. The van der Waals surface area contributed by atoms with Crippen molar-refractivity contribution in [1.29, 1.82) is 0 Å². The van der Waals surface area contributed by atoms with Crippen molar-refractivity contribution in [2.45, 2.75) is 38.8 Å². The highest BCUT2D eigenvalue weighted by Crippen LogP contribution is 2.23. The predicted molar refractivity (Wildman–Crippen MR) is 97.3 cm³/mol. The number of nitrogens with two attached hydrogens (primary N) is 1. The average Bonchev–Trinajstić information content (AvgIpc) is 3.22. The number of rotatable bonds is 6. The van der Waals surface area contributed by atoms with Crippen molar-refractivity contribution in [3.63, 3.8) is 0 Å². The highest BCUT2D eigenvalue weighted by molar-refractivity contribution is 7.10. The number of nitrogen functional groups attached to an aromatic ring is 1. The van der Waals surface area contributed by atoms with Crippen molar-refractivity contribution in [2.75, 3.05) is 18.8 Å². The van der Waals surface area contributed by atoms with E-state index >= 15 is 0 Å². The summed E-state index contributed by atoms with van der Waals surface area (Å²) >= 11 is 1.69. The van der Waals surface area contributed by atoms with Crippen LogP contribution in [0.1, 0.15) is 47.5 Å². The van der Waals surface area contributed by atoms with Crippen LogP contribution >= 0.6 is 11.3 Å². The fraction of sp³-hybridized carbons (Fsp3) is 0.471. The first-order chi connectivity index (χ1) is 12.0. The lowest BCUT2D eigenvalue weighted by Crippen LogP contribution is -3.11. The largest absolute Gasteiger partial charge is 0.384 e. The molecule has 2 aromatic rings. The quantitative estimate of drug-likeness (QED) is 0.638. The Morgan fingerprint density at radius 3 is 2.96 bits per heavy atom. The van der Waals surface area contributed by atoms with Crippen LogP contribution < -0.4 is 21.9 Å². The number of H-pyrrole nitrogens is 1. The van der Waals surface area contributed by atoms with Gasteiger partial charge < -0.3 is 10.6 Å². The van der Waals surface area contributed by atoms with Gasteiger partial charge in [-0.15, -0.1) is 11.3 Å². The van der Waals surface area contributed by atoms with Gasteiger partial charge in [0.15, 0.2) is 0 Å². The Bertz CT molecular complexity index is 869. The number of Topliss-reactive ketones (excluding diaryl/α,β-unsaturated/α-hetero) is 1. The molecule has 8 heteroatoms. The van der Waals surface area contributed by atoms with Gasteiger partial charge in [0.25, 0.3) is 5.56 Å². The van der Waals surface area contributed by atoms with Crippen LogP contribution in [0.5, 0.6) is 0 Å². The van der Waals surface area contributed by atoms with Crippen molar-refractivity contribution in [2.24, 2.45) is 0 Å². The summed E-state index contributed by atoms with van der Waals surface area (Å²) in [5.74, 6) is -0.325. The summed E-state index contributed by atoms with van der Waals surface area (Å²) in [5, 5.41) is 2.04. The molecule has 1 aliphatic rings. The first kappa shape index (κ1) is 17.6. The van der Waals surface area contributed by atoms with Crippen LogP contribution in [0.2, 0.25) is 0 Å². The zero-order valence-electron chi connectivity index (χ0n) is 14.2. The Morgan fingerprint density at radius 1 is 1.48 bits per heavy atom. The molecule has 134 valence electrons. The Labute approximate surface area is 149 Å². The number of nitrogens with one attached hydrogen (secondary N) is 2. The molecule has 0 radical (unpaired) electrons. The molecule has 0 bridgehead atoms. The van der Waals surface area contributed by atoms with E-state index in [2.05, 4.69) is 11.1 Å². The fourth-order valence-corrected chi connectivity index (χ4v) is 4.47. The minimum absolute atomic E-state index is 0.0214. The molecule has 7 nitrogen and oxygen atoms in total. The van der Waals surface area contributed by atoms with Gasteiger partial charge in [-0.2, -0.15) is 0 Å². The van der Waals surface area contributed by atoms with Crippen molar-refractivity contribution in [3.05, 3.63) is 48.8 Å². The SMILES string of the molecule is CCCn1c(N)c(C(=O)C[NH+]2CCC[C@@H]2c2cccs2)c(=O)[nH]c1=O. The topological polar surface area (TPSA) is 102 Å². The zero-order chi connectivity index (χ0) is 18.0. The second-order valence-corrected chi connectivity index (χ2v) is 7.37. The summed E-state index contributed by atoms with van der Waals surface area (Å²) in [6.45, 7) is 3.37. The molecule has 1 unspecified atom stereocenters. The monoisotopic (exact) mass is 363 g/mol. The summed E-state index contributed by atoms with van der Waals surface area (Å²) in [7, 11) is 0. The Morgan fingerprint density at radius 2 is 2.28 bits per heavy atom. The smallest absolute Gasteiger partial charge is 0.329 e. The normalized spacial score (nSPS) is 20.0. The van der Waals surface area contributed by atoms with Gasteiger partial charge in [0.05, 0.1) is 11.4 Å². The summed E-state index contributed by atoms with van der Waals surface area (Å²) < 4.78 is 1.27. The molecule has 1 saturated heterocycles. The van der Waals surface area contributed by atoms with Gasteiger partial charge >= 0.3 is 5.69 Å². The van der Waals surface area contributed by atoms with E-state index in [1.165, 1.54) is 9.44 Å². The van der Waals surface area contributed by atoms with E-state index in [9.17, 15) is 14.4 Å². The zero-order valence-corrected chi connectivity index (χ0v) is 15.0. The maximum absolute atomic E-state index is 12.8. The fourth-order valence-electron chi connectivity index (χ4n) is 3.55. The number of thiophene rings is 1. The van der Waals surface area contributed by atoms with Crippen LogP contribution in [-0.4, -0.2) is 28.4 Å². The second-order valence-electron chi connectivity index (χ2n) is 6.39. The van der Waals surface area contributed by atoms with Crippen LogP contribution in [-0.2, 0) is 6.54 Å². The van der Waals surface area contributed by atoms with E-state index in [-0.39, 0.29) is 29.8 Å². The summed E-state index contributed by atoms with van der Waals surface area (Å²) in [6.07, 6.45) is 2.76. The molecule has 0 spiro atoms. The van der Waals surface area contributed by atoms with E-state index in [0.717, 1.165) is 24.3 Å². The van der Waals surface area contributed by atoms with Gasteiger partial charge in [-0.05, 0) is 17.9 Å². The number of aromatic amines is 1. The molecule has 0 saturated carbocycles. The molecule has 1 fully saturated rings. The predicted octanol–water partition coefficient (Wildman–Crippen LogP) is 0.193. The number of carbonyl (C=O) groups is 1. The highest BCUT2D eigenvalue weighted by Gasteiger charge is 2.33. The number of ketones is 1. The minimum atomic E-state index is -0.689. The lowest BCUT2D eigenvalue weighted by molar-refractivity contribution is -0.909.